The molecule has 0 atom stereocenters. The Morgan fingerprint density at radius 1 is 1.24 bits per heavy atom. The molecular weight excluding hydrogens is 266 g/mol. The molecule has 1 saturated heterocycles. The number of fused-ring (bicyclic) bond motifs is 1. The van der Waals surface area contributed by atoms with Crippen molar-refractivity contribution in [2.75, 3.05) is 19.8 Å². The van der Waals surface area contributed by atoms with Gasteiger partial charge in [0.15, 0.2) is 5.82 Å². The molecule has 5 nitrogen and oxygen atoms in total. The standard InChI is InChI=1S/C16H23N3O2/c1-2-21-16(5-7-20-8-6-16)15-18-13-10-17-9-12(13)14(19-15)11-3-4-11/h11,17H,2-10H2,1H3. The van der Waals surface area contributed by atoms with Crippen LogP contribution in [0.4, 0.5) is 0 Å². The van der Waals surface area contributed by atoms with Gasteiger partial charge in [-0.3, -0.25) is 0 Å². The molecule has 0 spiro atoms. The highest BCUT2D eigenvalue weighted by atomic mass is 16.5. The van der Waals surface area contributed by atoms with E-state index in [0.29, 0.717) is 12.5 Å². The third kappa shape index (κ3) is 2.37. The topological polar surface area (TPSA) is 56.3 Å². The minimum atomic E-state index is -0.339. The summed E-state index contributed by atoms with van der Waals surface area (Å²) in [7, 11) is 0. The summed E-state index contributed by atoms with van der Waals surface area (Å²) in [5.41, 5.74) is 3.48. The normalized spacial score (nSPS) is 24.0. The fourth-order valence-corrected chi connectivity index (χ4v) is 3.50. The van der Waals surface area contributed by atoms with Gasteiger partial charge in [-0.1, -0.05) is 0 Å². The average Bonchev–Trinajstić information content (AvgIpc) is 3.24. The Bertz CT molecular complexity index is 531. The second-order valence-corrected chi connectivity index (χ2v) is 6.28. The Labute approximate surface area is 125 Å². The molecule has 0 amide bonds. The first-order valence-corrected chi connectivity index (χ1v) is 8.15. The first-order valence-electron chi connectivity index (χ1n) is 8.15. The monoisotopic (exact) mass is 289 g/mol. The fourth-order valence-electron chi connectivity index (χ4n) is 3.50. The van der Waals surface area contributed by atoms with Crippen LogP contribution in [0.5, 0.6) is 0 Å². The number of aromatic nitrogens is 2. The molecule has 3 heterocycles. The van der Waals surface area contributed by atoms with E-state index in [2.05, 4.69) is 5.32 Å². The summed E-state index contributed by atoms with van der Waals surface area (Å²) < 4.78 is 11.7. The lowest BCUT2D eigenvalue weighted by Gasteiger charge is -2.35. The largest absolute Gasteiger partial charge is 0.381 e. The zero-order chi connectivity index (χ0) is 14.3. The molecule has 0 bridgehead atoms. The predicted octanol–water partition coefficient (Wildman–Crippen LogP) is 2.00. The summed E-state index contributed by atoms with van der Waals surface area (Å²) >= 11 is 0. The van der Waals surface area contributed by atoms with E-state index in [1.54, 1.807) is 0 Å². The molecule has 2 fully saturated rings. The number of rotatable bonds is 4. The van der Waals surface area contributed by atoms with Crippen molar-refractivity contribution in [1.29, 1.82) is 0 Å². The van der Waals surface area contributed by atoms with Crippen LogP contribution < -0.4 is 5.32 Å². The van der Waals surface area contributed by atoms with Crippen LogP contribution in [0.3, 0.4) is 0 Å². The van der Waals surface area contributed by atoms with Crippen LogP contribution in [-0.4, -0.2) is 29.8 Å². The van der Waals surface area contributed by atoms with Gasteiger partial charge in [-0.25, -0.2) is 9.97 Å². The summed E-state index contributed by atoms with van der Waals surface area (Å²) in [6.07, 6.45) is 4.26. The Kier molecular flexibility index (Phi) is 3.44. The molecule has 0 radical (unpaired) electrons. The van der Waals surface area contributed by atoms with Crippen LogP contribution in [0.15, 0.2) is 0 Å². The molecule has 2 aliphatic heterocycles. The molecular formula is C16H23N3O2. The quantitative estimate of drug-likeness (QED) is 0.919. The Hall–Kier alpha value is -1.04. The maximum Gasteiger partial charge on any atom is 0.161 e. The van der Waals surface area contributed by atoms with Crippen molar-refractivity contribution in [3.05, 3.63) is 22.8 Å². The molecule has 1 N–H and O–H groups in total. The van der Waals surface area contributed by atoms with Crippen LogP contribution in [0, 0.1) is 0 Å². The molecule has 5 heteroatoms. The van der Waals surface area contributed by atoms with Crippen LogP contribution in [0.2, 0.25) is 0 Å². The van der Waals surface area contributed by atoms with Gasteiger partial charge in [0, 0.05) is 57.2 Å². The summed E-state index contributed by atoms with van der Waals surface area (Å²) in [5.74, 6) is 1.55. The number of nitrogens with one attached hydrogen (secondary N) is 1. The van der Waals surface area contributed by atoms with Gasteiger partial charge >= 0.3 is 0 Å². The molecule has 4 rings (SSSR count). The number of hydrogen-bond donors (Lipinski definition) is 1. The Morgan fingerprint density at radius 3 is 2.76 bits per heavy atom. The minimum absolute atomic E-state index is 0.339. The second-order valence-electron chi connectivity index (χ2n) is 6.28. The van der Waals surface area contributed by atoms with E-state index >= 15 is 0 Å². The lowest BCUT2D eigenvalue weighted by atomic mass is 9.92. The highest BCUT2D eigenvalue weighted by molar-refractivity contribution is 5.34. The van der Waals surface area contributed by atoms with Gasteiger partial charge < -0.3 is 14.8 Å². The first-order chi connectivity index (χ1) is 10.3. The van der Waals surface area contributed by atoms with Gasteiger partial charge in [0.2, 0.25) is 0 Å². The van der Waals surface area contributed by atoms with Crippen molar-refractivity contribution < 1.29 is 9.47 Å². The van der Waals surface area contributed by atoms with Crippen LogP contribution >= 0.6 is 0 Å². The third-order valence-electron chi connectivity index (χ3n) is 4.81. The van der Waals surface area contributed by atoms with Gasteiger partial charge in [-0.15, -0.1) is 0 Å². The zero-order valence-electron chi connectivity index (χ0n) is 12.7. The summed E-state index contributed by atoms with van der Waals surface area (Å²) in [5, 5.41) is 3.42. The molecule has 114 valence electrons. The molecule has 1 aliphatic carbocycles. The van der Waals surface area contributed by atoms with Crippen molar-refractivity contribution in [3.8, 4) is 0 Å². The summed E-state index contributed by atoms with van der Waals surface area (Å²) in [6.45, 7) is 6.00. The van der Waals surface area contributed by atoms with E-state index in [0.717, 1.165) is 45.0 Å². The van der Waals surface area contributed by atoms with Gasteiger partial charge in [0.1, 0.15) is 5.60 Å². The van der Waals surface area contributed by atoms with Gasteiger partial charge in [0.05, 0.1) is 11.4 Å². The average molecular weight is 289 g/mol. The van der Waals surface area contributed by atoms with Crippen molar-refractivity contribution >= 4 is 0 Å². The van der Waals surface area contributed by atoms with Crippen LogP contribution in [-0.2, 0) is 28.2 Å². The van der Waals surface area contributed by atoms with Crippen LogP contribution in [0.25, 0.3) is 0 Å². The highest BCUT2D eigenvalue weighted by Crippen LogP contribution is 2.43. The molecule has 21 heavy (non-hydrogen) atoms. The first kappa shape index (κ1) is 13.6. The predicted molar refractivity (Wildman–Crippen MR) is 77.9 cm³/mol. The summed E-state index contributed by atoms with van der Waals surface area (Å²) in [4.78, 5) is 9.87. The van der Waals surface area contributed by atoms with E-state index in [1.165, 1.54) is 29.8 Å². The molecule has 3 aliphatic rings. The molecule has 0 unspecified atom stereocenters. The number of hydrogen-bond acceptors (Lipinski definition) is 5. The van der Waals surface area contributed by atoms with E-state index in [9.17, 15) is 0 Å². The molecule has 1 aromatic rings. The van der Waals surface area contributed by atoms with Crippen LogP contribution in [0.1, 0.15) is 61.3 Å². The van der Waals surface area contributed by atoms with Gasteiger partial charge in [-0.2, -0.15) is 0 Å². The lowest BCUT2D eigenvalue weighted by molar-refractivity contribution is -0.118. The van der Waals surface area contributed by atoms with E-state index < -0.39 is 0 Å². The SMILES string of the molecule is CCOC1(c2nc3c(c(C4CC4)n2)CNC3)CCOCC1. The molecule has 0 aromatic carbocycles. The van der Waals surface area contributed by atoms with Gasteiger partial charge in [-0.05, 0) is 19.8 Å². The second kappa shape index (κ2) is 5.30. The van der Waals surface area contributed by atoms with Crippen molar-refractivity contribution in [3.63, 3.8) is 0 Å². The Morgan fingerprint density at radius 2 is 2.05 bits per heavy atom. The molecule has 1 aromatic heterocycles. The minimum Gasteiger partial charge on any atom is -0.381 e. The smallest absolute Gasteiger partial charge is 0.161 e. The maximum atomic E-state index is 6.15. The van der Waals surface area contributed by atoms with E-state index in [-0.39, 0.29) is 5.60 Å². The zero-order valence-corrected chi connectivity index (χ0v) is 12.7. The van der Waals surface area contributed by atoms with Gasteiger partial charge in [0.25, 0.3) is 0 Å². The third-order valence-corrected chi connectivity index (χ3v) is 4.81. The number of nitrogens with zero attached hydrogens (tertiary/aromatic N) is 2. The van der Waals surface area contributed by atoms with Crippen molar-refractivity contribution in [2.45, 2.75) is 57.2 Å². The van der Waals surface area contributed by atoms with Crippen molar-refractivity contribution in [1.82, 2.24) is 15.3 Å². The maximum absolute atomic E-state index is 6.15. The van der Waals surface area contributed by atoms with E-state index in [4.69, 9.17) is 19.4 Å². The lowest BCUT2D eigenvalue weighted by Crippen LogP contribution is -2.39. The highest BCUT2D eigenvalue weighted by Gasteiger charge is 2.41. The molecule has 1 saturated carbocycles. The fraction of sp³-hybridized carbons (Fsp3) is 0.750. The Balaban J connectivity index is 1.77. The summed E-state index contributed by atoms with van der Waals surface area (Å²) in [6, 6.07) is 0. The van der Waals surface area contributed by atoms with E-state index in [1.807, 2.05) is 6.92 Å². The van der Waals surface area contributed by atoms with Crippen molar-refractivity contribution in [2.24, 2.45) is 0 Å². The number of ether oxygens (including phenoxy) is 2.